The summed E-state index contributed by atoms with van der Waals surface area (Å²) < 4.78 is 1.90. The third kappa shape index (κ3) is 1.66. The zero-order chi connectivity index (χ0) is 12.9. The van der Waals surface area contributed by atoms with E-state index in [0.717, 1.165) is 41.4 Å². The van der Waals surface area contributed by atoms with Crippen molar-refractivity contribution < 1.29 is 5.11 Å². The molecule has 1 atom stereocenters. The molecule has 1 N–H and O–H groups in total. The highest BCUT2D eigenvalue weighted by Crippen LogP contribution is 2.24. The van der Waals surface area contributed by atoms with Crippen molar-refractivity contribution in [1.29, 1.82) is 0 Å². The number of fused-ring (bicyclic) bond motifs is 1. The third-order valence-corrected chi connectivity index (χ3v) is 3.65. The lowest BCUT2D eigenvalue weighted by Crippen LogP contribution is -2.24. The summed E-state index contributed by atoms with van der Waals surface area (Å²) in [6, 6.07) is 2.04. The summed E-state index contributed by atoms with van der Waals surface area (Å²) in [7, 11) is 0. The van der Waals surface area contributed by atoms with Gasteiger partial charge in [0.15, 0.2) is 5.65 Å². The number of rotatable bonds is 1. The van der Waals surface area contributed by atoms with Crippen molar-refractivity contribution >= 4 is 11.5 Å². The van der Waals surface area contributed by atoms with Crippen molar-refractivity contribution in [3.05, 3.63) is 23.0 Å². The zero-order valence-electron chi connectivity index (χ0n) is 11.0. The molecule has 1 unspecified atom stereocenters. The molecule has 18 heavy (non-hydrogen) atoms. The molecule has 2 aromatic heterocycles. The summed E-state index contributed by atoms with van der Waals surface area (Å²) in [5, 5.41) is 14.2. The van der Waals surface area contributed by atoms with Crippen LogP contribution in [0.25, 0.3) is 5.65 Å². The average molecular weight is 246 g/mol. The molecule has 0 aromatic carbocycles. The molecule has 0 radical (unpaired) electrons. The molecule has 5 heteroatoms. The van der Waals surface area contributed by atoms with Gasteiger partial charge in [-0.2, -0.15) is 9.61 Å². The largest absolute Gasteiger partial charge is 0.391 e. The van der Waals surface area contributed by atoms with Gasteiger partial charge in [-0.1, -0.05) is 0 Å². The van der Waals surface area contributed by atoms with E-state index in [9.17, 15) is 5.11 Å². The molecule has 0 saturated carbocycles. The van der Waals surface area contributed by atoms with Crippen LogP contribution >= 0.6 is 0 Å². The van der Waals surface area contributed by atoms with E-state index < -0.39 is 0 Å². The Hall–Kier alpha value is -1.62. The standard InChI is InChI=1S/C13H18N4O/c1-8-6-12(16-5-4-11(18)7-16)17-13(14-8)9(2)10(3)15-17/h6,11,18H,4-5,7H2,1-3H3. The van der Waals surface area contributed by atoms with Crippen molar-refractivity contribution in [1.82, 2.24) is 14.6 Å². The van der Waals surface area contributed by atoms with Crippen molar-refractivity contribution in [3.8, 4) is 0 Å². The summed E-state index contributed by atoms with van der Waals surface area (Å²) in [4.78, 5) is 6.74. The molecule has 3 rings (SSSR count). The maximum Gasteiger partial charge on any atom is 0.160 e. The molecule has 0 amide bonds. The Kier molecular flexibility index (Phi) is 2.52. The van der Waals surface area contributed by atoms with Gasteiger partial charge in [0.2, 0.25) is 0 Å². The smallest absolute Gasteiger partial charge is 0.160 e. The average Bonchev–Trinajstić information content (AvgIpc) is 2.86. The van der Waals surface area contributed by atoms with Gasteiger partial charge in [-0.25, -0.2) is 4.98 Å². The van der Waals surface area contributed by atoms with Crippen molar-refractivity contribution in [2.75, 3.05) is 18.0 Å². The number of aliphatic hydroxyl groups is 1. The number of nitrogens with zero attached hydrogens (tertiary/aromatic N) is 4. The molecule has 1 fully saturated rings. The van der Waals surface area contributed by atoms with Crippen LogP contribution in [0.5, 0.6) is 0 Å². The second kappa shape index (κ2) is 3.95. The van der Waals surface area contributed by atoms with Crippen LogP contribution in [0.3, 0.4) is 0 Å². The number of hydrogen-bond donors (Lipinski definition) is 1. The van der Waals surface area contributed by atoms with Gasteiger partial charge in [-0.15, -0.1) is 0 Å². The summed E-state index contributed by atoms with van der Waals surface area (Å²) >= 11 is 0. The summed E-state index contributed by atoms with van der Waals surface area (Å²) in [5.41, 5.74) is 4.04. The second-order valence-electron chi connectivity index (χ2n) is 5.09. The summed E-state index contributed by atoms with van der Waals surface area (Å²) in [5.74, 6) is 1.03. The number of aliphatic hydroxyl groups excluding tert-OH is 1. The first kappa shape index (κ1) is 11.5. The SMILES string of the molecule is Cc1cc(N2CCC(O)C2)n2nc(C)c(C)c2n1. The van der Waals surface area contributed by atoms with Crippen LogP contribution in [-0.2, 0) is 0 Å². The maximum atomic E-state index is 9.68. The molecule has 0 bridgehead atoms. The van der Waals surface area contributed by atoms with Gasteiger partial charge in [0.05, 0.1) is 11.8 Å². The molecular formula is C13H18N4O. The Balaban J connectivity index is 2.19. The molecule has 1 saturated heterocycles. The summed E-state index contributed by atoms with van der Waals surface area (Å²) in [6.45, 7) is 7.60. The Bertz CT molecular complexity index is 605. The summed E-state index contributed by atoms with van der Waals surface area (Å²) in [6.07, 6.45) is 0.591. The zero-order valence-corrected chi connectivity index (χ0v) is 11.0. The van der Waals surface area contributed by atoms with Crippen LogP contribution in [0.15, 0.2) is 6.07 Å². The highest BCUT2D eigenvalue weighted by atomic mass is 16.3. The highest BCUT2D eigenvalue weighted by Gasteiger charge is 2.23. The molecule has 2 aromatic rings. The lowest BCUT2D eigenvalue weighted by Gasteiger charge is -2.19. The van der Waals surface area contributed by atoms with Gasteiger partial charge in [0, 0.05) is 30.4 Å². The first-order valence-electron chi connectivity index (χ1n) is 6.33. The van der Waals surface area contributed by atoms with Crippen LogP contribution in [0.2, 0.25) is 0 Å². The molecular weight excluding hydrogens is 228 g/mol. The van der Waals surface area contributed by atoms with Crippen LogP contribution < -0.4 is 4.90 Å². The Morgan fingerprint density at radius 2 is 2.11 bits per heavy atom. The number of aromatic nitrogens is 3. The van der Waals surface area contributed by atoms with Crippen LogP contribution in [0.4, 0.5) is 5.82 Å². The minimum absolute atomic E-state index is 0.230. The minimum Gasteiger partial charge on any atom is -0.391 e. The lowest BCUT2D eigenvalue weighted by atomic mass is 10.3. The molecule has 96 valence electrons. The predicted molar refractivity (Wildman–Crippen MR) is 70.0 cm³/mol. The number of β-amino-alcohol motifs (C(OH)–C–C–N with tert-alkyl or cyclic N) is 1. The minimum atomic E-state index is -0.230. The fraction of sp³-hybridized carbons (Fsp3) is 0.538. The second-order valence-corrected chi connectivity index (χ2v) is 5.09. The van der Waals surface area contributed by atoms with E-state index in [1.807, 2.05) is 31.4 Å². The highest BCUT2D eigenvalue weighted by molar-refractivity contribution is 5.57. The molecule has 5 nitrogen and oxygen atoms in total. The first-order chi connectivity index (χ1) is 8.56. The van der Waals surface area contributed by atoms with Gasteiger partial charge in [-0.05, 0) is 27.2 Å². The third-order valence-electron chi connectivity index (χ3n) is 3.65. The van der Waals surface area contributed by atoms with E-state index >= 15 is 0 Å². The first-order valence-corrected chi connectivity index (χ1v) is 6.33. The van der Waals surface area contributed by atoms with E-state index in [0.29, 0.717) is 6.54 Å². The van der Waals surface area contributed by atoms with Crippen LogP contribution in [-0.4, -0.2) is 38.9 Å². The number of anilines is 1. The topological polar surface area (TPSA) is 53.7 Å². The van der Waals surface area contributed by atoms with Gasteiger partial charge in [-0.3, -0.25) is 0 Å². The van der Waals surface area contributed by atoms with Crippen molar-refractivity contribution in [2.24, 2.45) is 0 Å². The molecule has 3 heterocycles. The fourth-order valence-corrected chi connectivity index (χ4v) is 2.51. The monoisotopic (exact) mass is 246 g/mol. The number of hydrogen-bond acceptors (Lipinski definition) is 4. The van der Waals surface area contributed by atoms with Crippen LogP contribution in [0.1, 0.15) is 23.4 Å². The van der Waals surface area contributed by atoms with E-state index in [4.69, 9.17) is 0 Å². The normalized spacial score (nSPS) is 20.0. The van der Waals surface area contributed by atoms with Crippen molar-refractivity contribution in [2.45, 2.75) is 33.3 Å². The van der Waals surface area contributed by atoms with E-state index in [1.54, 1.807) is 0 Å². The van der Waals surface area contributed by atoms with Gasteiger partial charge >= 0.3 is 0 Å². The molecule has 0 aliphatic carbocycles. The lowest BCUT2D eigenvalue weighted by molar-refractivity contribution is 0.198. The molecule has 1 aliphatic rings. The maximum absolute atomic E-state index is 9.68. The fourth-order valence-electron chi connectivity index (χ4n) is 2.51. The van der Waals surface area contributed by atoms with E-state index in [-0.39, 0.29) is 6.10 Å². The predicted octanol–water partition coefficient (Wildman–Crippen LogP) is 1.23. The van der Waals surface area contributed by atoms with Crippen molar-refractivity contribution in [3.63, 3.8) is 0 Å². The Morgan fingerprint density at radius 1 is 1.33 bits per heavy atom. The van der Waals surface area contributed by atoms with Gasteiger partial charge < -0.3 is 10.0 Å². The number of aryl methyl sites for hydroxylation is 3. The van der Waals surface area contributed by atoms with E-state index in [2.05, 4.69) is 15.0 Å². The van der Waals surface area contributed by atoms with Gasteiger partial charge in [0.25, 0.3) is 0 Å². The van der Waals surface area contributed by atoms with Gasteiger partial charge in [0.1, 0.15) is 5.82 Å². The Labute approximate surface area is 106 Å². The molecule has 0 spiro atoms. The molecule has 1 aliphatic heterocycles. The quantitative estimate of drug-likeness (QED) is 0.822. The Morgan fingerprint density at radius 3 is 2.78 bits per heavy atom. The van der Waals surface area contributed by atoms with E-state index in [1.165, 1.54) is 0 Å². The van der Waals surface area contributed by atoms with Crippen LogP contribution in [0, 0.1) is 20.8 Å².